The van der Waals surface area contributed by atoms with Crippen LogP contribution in [0.1, 0.15) is 13.0 Å². The summed E-state index contributed by atoms with van der Waals surface area (Å²) in [4.78, 5) is 4.15. The van der Waals surface area contributed by atoms with Crippen LogP contribution in [0.2, 0.25) is 0 Å². The Balaban J connectivity index is 2.19. The summed E-state index contributed by atoms with van der Waals surface area (Å²) in [6.45, 7) is 2.50. The van der Waals surface area contributed by atoms with Crippen molar-refractivity contribution >= 4 is 11.6 Å². The monoisotopic (exact) mass is 267 g/mol. The first-order chi connectivity index (χ1) is 9.11. The van der Waals surface area contributed by atoms with Crippen molar-refractivity contribution in [2.45, 2.75) is 13.0 Å². The molecule has 1 unspecified atom stereocenters. The molecule has 1 heterocycles. The number of ether oxygens (including phenoxy) is 1. The van der Waals surface area contributed by atoms with E-state index in [2.05, 4.69) is 10.3 Å². The van der Waals surface area contributed by atoms with Crippen molar-refractivity contribution < 1.29 is 13.5 Å². The fraction of sp³-hybridized carbons (Fsp3) is 0.308. The van der Waals surface area contributed by atoms with E-state index in [-0.39, 0.29) is 6.04 Å². The van der Waals surface area contributed by atoms with E-state index in [1.165, 1.54) is 6.07 Å². The zero-order valence-electron chi connectivity index (χ0n) is 10.7. The van der Waals surface area contributed by atoms with Gasteiger partial charge in [0.1, 0.15) is 0 Å². The fourth-order valence-corrected chi connectivity index (χ4v) is 1.79. The lowest BCUT2D eigenvalue weighted by atomic mass is 10.3. The average Bonchev–Trinajstić information content (AvgIpc) is 2.82. The topological polar surface area (TPSA) is 39.1 Å². The summed E-state index contributed by atoms with van der Waals surface area (Å²) in [5.41, 5.74) is 0.441. The number of nitrogens with one attached hydrogen (secondary N) is 1. The highest BCUT2D eigenvalue weighted by Crippen LogP contribution is 2.20. The molecule has 2 aromatic rings. The lowest BCUT2D eigenvalue weighted by molar-refractivity contribution is 0.163. The number of rotatable bonds is 5. The minimum atomic E-state index is -0.895. The Morgan fingerprint density at radius 3 is 2.84 bits per heavy atom. The van der Waals surface area contributed by atoms with Gasteiger partial charge >= 0.3 is 0 Å². The van der Waals surface area contributed by atoms with E-state index < -0.39 is 11.6 Å². The van der Waals surface area contributed by atoms with Gasteiger partial charge in [-0.3, -0.25) is 0 Å². The van der Waals surface area contributed by atoms with Crippen LogP contribution in [0.4, 0.5) is 20.4 Å². The third-order valence-corrected chi connectivity index (χ3v) is 2.73. The van der Waals surface area contributed by atoms with Gasteiger partial charge < -0.3 is 14.6 Å². The van der Waals surface area contributed by atoms with Crippen molar-refractivity contribution in [2.75, 3.05) is 19.0 Å². The van der Waals surface area contributed by atoms with Crippen LogP contribution in [0.15, 0.2) is 30.6 Å². The second-order valence-corrected chi connectivity index (χ2v) is 4.22. The fourth-order valence-electron chi connectivity index (χ4n) is 1.79. The molecule has 1 N–H and O–H groups in total. The summed E-state index contributed by atoms with van der Waals surface area (Å²) >= 11 is 0. The van der Waals surface area contributed by atoms with Gasteiger partial charge in [0, 0.05) is 31.3 Å². The van der Waals surface area contributed by atoms with Gasteiger partial charge in [-0.15, -0.1) is 0 Å². The predicted octanol–water partition coefficient (Wildman–Crippen LogP) is 3.11. The lowest BCUT2D eigenvalue weighted by Gasteiger charge is -2.16. The number of aromatic nitrogens is 2. The van der Waals surface area contributed by atoms with Gasteiger partial charge in [0.15, 0.2) is 11.6 Å². The van der Waals surface area contributed by atoms with Crippen molar-refractivity contribution in [2.24, 2.45) is 0 Å². The summed E-state index contributed by atoms with van der Waals surface area (Å²) in [6.07, 6.45) is 3.43. The molecule has 102 valence electrons. The number of hydrogen-bond donors (Lipinski definition) is 1. The summed E-state index contributed by atoms with van der Waals surface area (Å²) in [5, 5.41) is 2.95. The Morgan fingerprint density at radius 2 is 2.16 bits per heavy atom. The number of methoxy groups -OCH3 is 1. The third-order valence-electron chi connectivity index (χ3n) is 2.73. The zero-order valence-corrected chi connectivity index (χ0v) is 10.7. The number of benzene rings is 1. The highest BCUT2D eigenvalue weighted by Gasteiger charge is 2.10. The Bertz CT molecular complexity index is 557. The zero-order chi connectivity index (χ0) is 13.8. The van der Waals surface area contributed by atoms with Crippen LogP contribution in [0.25, 0.3) is 0 Å². The molecule has 0 spiro atoms. The van der Waals surface area contributed by atoms with Crippen LogP contribution in [-0.2, 0) is 4.74 Å². The quantitative estimate of drug-likeness (QED) is 0.904. The van der Waals surface area contributed by atoms with Gasteiger partial charge in [-0.05, 0) is 19.1 Å². The number of nitrogens with zero attached hydrogens (tertiary/aromatic N) is 2. The van der Waals surface area contributed by atoms with E-state index in [0.29, 0.717) is 18.2 Å². The normalized spacial score (nSPS) is 12.4. The smallest absolute Gasteiger partial charge is 0.207 e. The van der Waals surface area contributed by atoms with Crippen LogP contribution in [0, 0.1) is 11.6 Å². The molecule has 19 heavy (non-hydrogen) atoms. The molecule has 1 aromatic heterocycles. The molecule has 4 nitrogen and oxygen atoms in total. The van der Waals surface area contributed by atoms with Crippen molar-refractivity contribution in [1.82, 2.24) is 9.55 Å². The number of imidazole rings is 1. The SMILES string of the molecule is COCC(C)n1ccnc1Nc1ccc(F)c(F)c1. The van der Waals surface area contributed by atoms with Crippen molar-refractivity contribution in [1.29, 1.82) is 0 Å². The highest BCUT2D eigenvalue weighted by molar-refractivity contribution is 5.53. The van der Waals surface area contributed by atoms with Gasteiger partial charge in [0.05, 0.1) is 12.6 Å². The van der Waals surface area contributed by atoms with Crippen molar-refractivity contribution in [3.05, 3.63) is 42.2 Å². The molecule has 0 aliphatic rings. The minimum absolute atomic E-state index is 0.0836. The Morgan fingerprint density at radius 1 is 1.37 bits per heavy atom. The number of anilines is 2. The predicted molar refractivity (Wildman–Crippen MR) is 68.5 cm³/mol. The summed E-state index contributed by atoms with van der Waals surface area (Å²) in [7, 11) is 1.62. The molecule has 6 heteroatoms. The molecular weight excluding hydrogens is 252 g/mol. The van der Waals surface area contributed by atoms with Crippen LogP contribution >= 0.6 is 0 Å². The molecule has 1 atom stereocenters. The van der Waals surface area contributed by atoms with Gasteiger partial charge in [-0.1, -0.05) is 0 Å². The van der Waals surface area contributed by atoms with E-state index >= 15 is 0 Å². The highest BCUT2D eigenvalue weighted by atomic mass is 19.2. The molecule has 1 aromatic carbocycles. The Labute approximate surface area is 110 Å². The molecule has 0 aliphatic carbocycles. The summed E-state index contributed by atoms with van der Waals surface area (Å²) < 4.78 is 32.9. The van der Waals surface area contributed by atoms with Gasteiger partial charge in [0.25, 0.3) is 0 Å². The lowest BCUT2D eigenvalue weighted by Crippen LogP contribution is -2.12. The van der Waals surface area contributed by atoms with E-state index in [1.807, 2.05) is 11.5 Å². The number of halogens is 2. The molecule has 0 saturated carbocycles. The van der Waals surface area contributed by atoms with Crippen LogP contribution in [0.5, 0.6) is 0 Å². The van der Waals surface area contributed by atoms with Gasteiger partial charge in [-0.25, -0.2) is 13.8 Å². The maximum Gasteiger partial charge on any atom is 0.207 e. The second kappa shape index (κ2) is 5.79. The first kappa shape index (κ1) is 13.5. The van der Waals surface area contributed by atoms with E-state index in [1.54, 1.807) is 19.5 Å². The molecule has 0 aliphatic heterocycles. The van der Waals surface area contributed by atoms with E-state index in [9.17, 15) is 8.78 Å². The second-order valence-electron chi connectivity index (χ2n) is 4.22. The van der Waals surface area contributed by atoms with Crippen molar-refractivity contribution in [3.8, 4) is 0 Å². The molecule has 0 fully saturated rings. The molecule has 0 amide bonds. The third kappa shape index (κ3) is 3.08. The maximum atomic E-state index is 13.1. The molecule has 2 rings (SSSR count). The summed E-state index contributed by atoms with van der Waals surface area (Å²) in [5.74, 6) is -1.22. The summed E-state index contributed by atoms with van der Waals surface area (Å²) in [6, 6.07) is 3.71. The maximum absolute atomic E-state index is 13.1. The Hall–Kier alpha value is -1.95. The van der Waals surface area contributed by atoms with E-state index in [0.717, 1.165) is 12.1 Å². The van der Waals surface area contributed by atoms with Crippen LogP contribution < -0.4 is 5.32 Å². The molecule has 0 radical (unpaired) electrons. The number of hydrogen-bond acceptors (Lipinski definition) is 3. The average molecular weight is 267 g/mol. The first-order valence-electron chi connectivity index (χ1n) is 5.85. The molecule has 0 bridgehead atoms. The van der Waals surface area contributed by atoms with Gasteiger partial charge in [-0.2, -0.15) is 0 Å². The van der Waals surface area contributed by atoms with Crippen molar-refractivity contribution in [3.63, 3.8) is 0 Å². The van der Waals surface area contributed by atoms with Gasteiger partial charge in [0.2, 0.25) is 5.95 Å². The van der Waals surface area contributed by atoms with Crippen LogP contribution in [0.3, 0.4) is 0 Å². The first-order valence-corrected chi connectivity index (χ1v) is 5.85. The van der Waals surface area contributed by atoms with Crippen LogP contribution in [-0.4, -0.2) is 23.3 Å². The minimum Gasteiger partial charge on any atom is -0.383 e. The molecule has 0 saturated heterocycles. The van der Waals surface area contributed by atoms with E-state index in [4.69, 9.17) is 4.74 Å². The Kier molecular flexibility index (Phi) is 4.11. The molecular formula is C13H15F2N3O. The largest absolute Gasteiger partial charge is 0.383 e. The standard InChI is InChI=1S/C13H15F2N3O/c1-9(8-19-2)18-6-5-16-13(18)17-10-3-4-11(14)12(15)7-10/h3-7,9H,8H2,1-2H3,(H,16,17).